The molecule has 1 fully saturated rings. The molecule has 2 N–H and O–H groups in total. The van der Waals surface area contributed by atoms with Crippen LogP contribution in [-0.4, -0.2) is 41.4 Å². The first kappa shape index (κ1) is 19.5. The number of phenolic OH excluding ortho intramolecular Hbond substituents is 1. The van der Waals surface area contributed by atoms with Crippen LogP contribution in [-0.2, 0) is 21.4 Å². The number of sulfonamides is 1. The molecule has 152 valence electrons. The van der Waals surface area contributed by atoms with E-state index in [1.54, 1.807) is 0 Å². The summed E-state index contributed by atoms with van der Waals surface area (Å²) in [5.74, 6) is -0.520. The summed E-state index contributed by atoms with van der Waals surface area (Å²) in [5, 5.41) is 13.8. The fourth-order valence-electron chi connectivity index (χ4n) is 3.74. The highest BCUT2D eigenvalue weighted by Gasteiger charge is 2.28. The van der Waals surface area contributed by atoms with Crippen molar-refractivity contribution >= 4 is 32.5 Å². The molecule has 7 nitrogen and oxygen atoms in total. The number of anilines is 1. The number of hydrogen-bond acceptors (Lipinski definition) is 4. The van der Waals surface area contributed by atoms with E-state index in [4.69, 9.17) is 0 Å². The zero-order valence-electron chi connectivity index (χ0n) is 16.1. The Kier molecular flexibility index (Phi) is 5.06. The van der Waals surface area contributed by atoms with Gasteiger partial charge in [-0.05, 0) is 55.5 Å². The molecule has 0 saturated carbocycles. The predicted octanol–water partition coefficient (Wildman–Crippen LogP) is 3.08. The minimum Gasteiger partial charge on any atom is -0.506 e. The molecular weight excluding hydrogens is 390 g/mol. The second-order valence-electron chi connectivity index (χ2n) is 7.27. The van der Waals surface area contributed by atoms with E-state index >= 15 is 0 Å². The van der Waals surface area contributed by atoms with Crippen LogP contribution in [0, 0.1) is 6.92 Å². The number of para-hydroxylation sites is 1. The highest BCUT2D eigenvalue weighted by molar-refractivity contribution is 7.89. The molecule has 0 atom stereocenters. The third-order valence-corrected chi connectivity index (χ3v) is 7.16. The second-order valence-corrected chi connectivity index (χ2v) is 9.21. The molecule has 1 aromatic heterocycles. The van der Waals surface area contributed by atoms with Crippen LogP contribution in [0.2, 0.25) is 0 Å². The topological polar surface area (TPSA) is 91.6 Å². The van der Waals surface area contributed by atoms with Crippen LogP contribution in [0.5, 0.6) is 5.75 Å². The number of aryl methyl sites for hydroxylation is 1. The largest absolute Gasteiger partial charge is 0.506 e. The van der Waals surface area contributed by atoms with Crippen LogP contribution in [0.3, 0.4) is 0 Å². The number of rotatable bonds is 5. The van der Waals surface area contributed by atoms with Crippen molar-refractivity contribution in [3.8, 4) is 5.75 Å². The van der Waals surface area contributed by atoms with Gasteiger partial charge >= 0.3 is 0 Å². The van der Waals surface area contributed by atoms with Crippen LogP contribution in [0.4, 0.5) is 5.69 Å². The van der Waals surface area contributed by atoms with E-state index in [9.17, 15) is 18.3 Å². The lowest BCUT2D eigenvalue weighted by atomic mass is 10.2. The number of hydrogen-bond donors (Lipinski definition) is 2. The van der Waals surface area contributed by atoms with Crippen LogP contribution < -0.4 is 5.32 Å². The summed E-state index contributed by atoms with van der Waals surface area (Å²) in [7, 11) is -3.63. The Morgan fingerprint density at radius 1 is 1.10 bits per heavy atom. The van der Waals surface area contributed by atoms with Gasteiger partial charge in [0.25, 0.3) is 0 Å². The number of fused-ring (bicyclic) bond motifs is 1. The Morgan fingerprint density at radius 2 is 1.83 bits per heavy atom. The van der Waals surface area contributed by atoms with Gasteiger partial charge in [0.05, 0.1) is 10.6 Å². The summed E-state index contributed by atoms with van der Waals surface area (Å²) in [4.78, 5) is 12.7. The quantitative estimate of drug-likeness (QED) is 0.629. The molecule has 0 radical (unpaired) electrons. The molecule has 0 bridgehead atoms. The van der Waals surface area contributed by atoms with Crippen LogP contribution in [0.25, 0.3) is 10.9 Å². The lowest BCUT2D eigenvalue weighted by Crippen LogP contribution is -2.28. The van der Waals surface area contributed by atoms with E-state index < -0.39 is 10.0 Å². The smallest absolute Gasteiger partial charge is 0.244 e. The van der Waals surface area contributed by atoms with E-state index in [-0.39, 0.29) is 28.8 Å². The Morgan fingerprint density at radius 3 is 2.59 bits per heavy atom. The minimum absolute atomic E-state index is 0.0574. The first-order valence-electron chi connectivity index (χ1n) is 9.54. The van der Waals surface area contributed by atoms with Gasteiger partial charge in [0, 0.05) is 24.3 Å². The molecule has 0 unspecified atom stereocenters. The van der Waals surface area contributed by atoms with Crippen molar-refractivity contribution in [2.45, 2.75) is 31.2 Å². The fraction of sp³-hybridized carbons (Fsp3) is 0.286. The third kappa shape index (κ3) is 3.73. The molecule has 3 aromatic rings. The minimum atomic E-state index is -3.63. The number of carbonyl (C=O) groups is 1. The normalized spacial score (nSPS) is 15.1. The standard InChI is InChI=1S/C21H23N3O4S/c1-15-12-16-6-2-3-7-19(16)24(15)14-21(26)22-18-13-17(8-9-20(18)25)29(27,28)23-10-4-5-11-23/h2-3,6-9,12-13,25H,4-5,10-11,14H2,1H3,(H,22,26). The molecule has 1 aliphatic heterocycles. The van der Waals surface area contributed by atoms with Gasteiger partial charge in [-0.15, -0.1) is 0 Å². The molecule has 1 aliphatic rings. The first-order chi connectivity index (χ1) is 13.9. The first-order valence-corrected chi connectivity index (χ1v) is 11.0. The highest BCUT2D eigenvalue weighted by Crippen LogP contribution is 2.29. The summed E-state index contributed by atoms with van der Waals surface area (Å²) in [5.41, 5.74) is 1.97. The average molecular weight is 413 g/mol. The molecule has 1 amide bonds. The molecule has 0 spiro atoms. The Hall–Kier alpha value is -2.84. The Balaban J connectivity index is 1.57. The summed E-state index contributed by atoms with van der Waals surface area (Å²) >= 11 is 0. The van der Waals surface area contributed by atoms with Crippen LogP contribution in [0.15, 0.2) is 53.4 Å². The Bertz CT molecular complexity index is 1180. The number of phenols is 1. The number of nitrogens with zero attached hydrogens (tertiary/aromatic N) is 2. The summed E-state index contributed by atoms with van der Waals surface area (Å²) < 4.78 is 28.8. The molecule has 0 aliphatic carbocycles. The van der Waals surface area contributed by atoms with Gasteiger partial charge < -0.3 is 15.0 Å². The summed E-state index contributed by atoms with van der Waals surface area (Å²) in [6, 6.07) is 13.8. The lowest BCUT2D eigenvalue weighted by Gasteiger charge is -2.17. The molecule has 1 saturated heterocycles. The maximum absolute atomic E-state index is 12.8. The number of nitrogens with one attached hydrogen (secondary N) is 1. The zero-order valence-corrected chi connectivity index (χ0v) is 16.9. The van der Waals surface area contributed by atoms with E-state index in [1.807, 2.05) is 41.8 Å². The predicted molar refractivity (Wildman–Crippen MR) is 111 cm³/mol. The van der Waals surface area contributed by atoms with Gasteiger partial charge in [0.15, 0.2) is 0 Å². The van der Waals surface area contributed by atoms with Crippen molar-refractivity contribution in [3.63, 3.8) is 0 Å². The number of aromatic nitrogens is 1. The van der Waals surface area contributed by atoms with Crippen molar-refractivity contribution < 1.29 is 18.3 Å². The van der Waals surface area contributed by atoms with E-state index in [2.05, 4.69) is 5.32 Å². The van der Waals surface area contributed by atoms with Gasteiger partial charge in [-0.3, -0.25) is 4.79 Å². The molecular formula is C21H23N3O4S. The second kappa shape index (κ2) is 7.53. The van der Waals surface area contributed by atoms with Crippen molar-refractivity contribution in [1.29, 1.82) is 0 Å². The average Bonchev–Trinajstić information content (AvgIpc) is 3.33. The molecule has 8 heteroatoms. The third-order valence-electron chi connectivity index (χ3n) is 5.26. The van der Waals surface area contributed by atoms with Gasteiger partial charge in [0.2, 0.25) is 15.9 Å². The van der Waals surface area contributed by atoms with Crippen molar-refractivity contribution in [2.75, 3.05) is 18.4 Å². The molecule has 2 heterocycles. The maximum atomic E-state index is 12.8. The SMILES string of the molecule is Cc1cc2ccccc2n1CC(=O)Nc1cc(S(=O)(=O)N2CCCC2)ccc1O. The maximum Gasteiger partial charge on any atom is 0.244 e. The van der Waals surface area contributed by atoms with Gasteiger partial charge in [-0.1, -0.05) is 18.2 Å². The van der Waals surface area contributed by atoms with Crippen molar-refractivity contribution in [3.05, 3.63) is 54.2 Å². The fourth-order valence-corrected chi connectivity index (χ4v) is 5.29. The van der Waals surface area contributed by atoms with Crippen molar-refractivity contribution in [1.82, 2.24) is 8.87 Å². The van der Waals surface area contributed by atoms with E-state index in [0.717, 1.165) is 29.4 Å². The number of carbonyl (C=O) groups excluding carboxylic acids is 1. The Labute approximate surface area is 169 Å². The zero-order chi connectivity index (χ0) is 20.6. The lowest BCUT2D eigenvalue weighted by molar-refractivity contribution is -0.116. The van der Waals surface area contributed by atoms with Crippen molar-refractivity contribution in [2.24, 2.45) is 0 Å². The molecule has 2 aromatic carbocycles. The molecule has 29 heavy (non-hydrogen) atoms. The van der Waals surface area contributed by atoms with E-state index in [1.165, 1.54) is 22.5 Å². The number of aromatic hydroxyl groups is 1. The number of amides is 1. The van der Waals surface area contributed by atoms with Gasteiger partial charge in [-0.25, -0.2) is 8.42 Å². The highest BCUT2D eigenvalue weighted by atomic mass is 32.2. The summed E-state index contributed by atoms with van der Waals surface area (Å²) in [6.45, 7) is 2.96. The van der Waals surface area contributed by atoms with Crippen LogP contribution >= 0.6 is 0 Å². The van der Waals surface area contributed by atoms with Gasteiger partial charge in [0.1, 0.15) is 12.3 Å². The monoisotopic (exact) mass is 413 g/mol. The number of benzene rings is 2. The van der Waals surface area contributed by atoms with E-state index in [0.29, 0.717) is 13.1 Å². The summed E-state index contributed by atoms with van der Waals surface area (Å²) in [6.07, 6.45) is 1.68. The van der Waals surface area contributed by atoms with Crippen LogP contribution in [0.1, 0.15) is 18.5 Å². The molecule has 4 rings (SSSR count). The van der Waals surface area contributed by atoms with Gasteiger partial charge in [-0.2, -0.15) is 4.31 Å².